The van der Waals surface area contributed by atoms with Crippen LogP contribution in [-0.2, 0) is 9.59 Å². The summed E-state index contributed by atoms with van der Waals surface area (Å²) in [4.78, 5) is 26.9. The molecule has 0 fully saturated rings. The number of benzene rings is 1. The number of hydrogen-bond acceptors (Lipinski definition) is 3. The summed E-state index contributed by atoms with van der Waals surface area (Å²) >= 11 is 5.81. The summed E-state index contributed by atoms with van der Waals surface area (Å²) in [6, 6.07) is 3.28. The molecule has 0 aromatic heterocycles. The second-order valence-electron chi connectivity index (χ2n) is 2.76. The van der Waals surface area contributed by atoms with Gasteiger partial charge < -0.3 is 5.11 Å². The highest BCUT2D eigenvalue weighted by Crippen LogP contribution is 2.23. The Bertz CT molecular complexity index is 406. The van der Waals surface area contributed by atoms with E-state index in [0.29, 0.717) is 5.02 Å². The van der Waals surface area contributed by atoms with Crippen molar-refractivity contribution in [3.63, 3.8) is 0 Å². The molecule has 1 aromatic rings. The van der Waals surface area contributed by atoms with Crippen LogP contribution in [0.5, 0.6) is 0 Å². The van der Waals surface area contributed by atoms with E-state index < -0.39 is 5.97 Å². The number of rotatable bonds is 1. The molecule has 15 heavy (non-hydrogen) atoms. The number of carbonyl (C=O) groups is 1. The van der Waals surface area contributed by atoms with Crippen LogP contribution >= 0.6 is 11.6 Å². The lowest BCUT2D eigenvalue weighted by atomic mass is 10.1. The van der Waals surface area contributed by atoms with Gasteiger partial charge in [0.15, 0.2) is 0 Å². The molecule has 4 nitrogen and oxygen atoms in total. The van der Waals surface area contributed by atoms with Crippen LogP contribution in [-0.4, -0.2) is 17.2 Å². The van der Waals surface area contributed by atoms with Gasteiger partial charge in [0.25, 0.3) is 0 Å². The Hall–Kier alpha value is -1.64. The van der Waals surface area contributed by atoms with E-state index in [0.717, 1.165) is 11.1 Å². The first-order chi connectivity index (χ1) is 6.95. The lowest BCUT2D eigenvalue weighted by molar-refractivity contribution is -0.191. The molecule has 0 bridgehead atoms. The fraction of sp³-hybridized carbons (Fsp3) is 0.200. The van der Waals surface area contributed by atoms with Crippen LogP contribution in [0, 0.1) is 13.8 Å². The van der Waals surface area contributed by atoms with Crippen molar-refractivity contribution in [1.82, 2.24) is 0 Å². The summed E-state index contributed by atoms with van der Waals surface area (Å²) < 4.78 is 0. The first-order valence-electron chi connectivity index (χ1n) is 3.94. The third-order valence-corrected chi connectivity index (χ3v) is 2.37. The van der Waals surface area contributed by atoms with Crippen molar-refractivity contribution in [2.45, 2.75) is 13.8 Å². The highest BCUT2D eigenvalue weighted by molar-refractivity contribution is 6.34. The van der Waals surface area contributed by atoms with Crippen LogP contribution < -0.4 is 0 Å². The van der Waals surface area contributed by atoms with Gasteiger partial charge in [-0.25, -0.2) is 4.79 Å². The normalized spacial score (nSPS) is 8.47. The van der Waals surface area contributed by atoms with Crippen molar-refractivity contribution < 1.29 is 19.5 Å². The number of halogens is 1. The molecule has 0 unspecified atom stereocenters. The molecule has 1 rings (SSSR count). The van der Waals surface area contributed by atoms with Crippen molar-refractivity contribution in [3.05, 3.63) is 33.8 Å². The first kappa shape index (κ1) is 13.4. The van der Waals surface area contributed by atoms with Crippen LogP contribution in [0.3, 0.4) is 0 Å². The average Bonchev–Trinajstić information content (AvgIpc) is 2.15. The van der Waals surface area contributed by atoms with Crippen molar-refractivity contribution in [2.75, 3.05) is 0 Å². The fourth-order valence-corrected chi connectivity index (χ4v) is 1.24. The molecule has 1 aromatic carbocycles. The van der Waals surface area contributed by atoms with E-state index in [9.17, 15) is 4.79 Å². The van der Waals surface area contributed by atoms with Gasteiger partial charge >= 0.3 is 12.1 Å². The molecule has 0 spiro atoms. The van der Waals surface area contributed by atoms with Gasteiger partial charge in [0.1, 0.15) is 0 Å². The van der Waals surface area contributed by atoms with Crippen molar-refractivity contribution >= 4 is 23.7 Å². The number of carboxylic acid groups (broad SMARTS) is 1. The maximum Gasteiger partial charge on any atom is 0.373 e. The van der Waals surface area contributed by atoms with Crippen LogP contribution in [0.1, 0.15) is 21.5 Å². The molecular formula is C10H9ClO4. The Balaban J connectivity index is 0.000000583. The zero-order valence-electron chi connectivity index (χ0n) is 8.20. The summed E-state index contributed by atoms with van der Waals surface area (Å²) in [7, 11) is 0. The highest BCUT2D eigenvalue weighted by Gasteiger charge is 2.10. The minimum absolute atomic E-state index is 0.166. The Kier molecular flexibility index (Phi) is 5.31. The Morgan fingerprint density at radius 1 is 1.33 bits per heavy atom. The summed E-state index contributed by atoms with van der Waals surface area (Å²) in [6.45, 7) is 3.71. The molecule has 0 radical (unpaired) electrons. The third kappa shape index (κ3) is 3.54. The van der Waals surface area contributed by atoms with E-state index in [1.54, 1.807) is 6.07 Å². The molecule has 1 N–H and O–H groups in total. The average molecular weight is 229 g/mol. The fourth-order valence-electron chi connectivity index (χ4n) is 0.947. The Morgan fingerprint density at radius 2 is 1.80 bits per heavy atom. The number of carboxylic acids is 1. The topological polar surface area (TPSA) is 71.4 Å². The van der Waals surface area contributed by atoms with Crippen LogP contribution in [0.4, 0.5) is 0 Å². The van der Waals surface area contributed by atoms with Crippen LogP contribution in [0.15, 0.2) is 12.1 Å². The van der Waals surface area contributed by atoms with Gasteiger partial charge in [-0.2, -0.15) is 9.59 Å². The first-order valence-corrected chi connectivity index (χ1v) is 4.31. The van der Waals surface area contributed by atoms with Crippen molar-refractivity contribution in [3.8, 4) is 0 Å². The lowest BCUT2D eigenvalue weighted by Crippen LogP contribution is -1.99. The van der Waals surface area contributed by atoms with Crippen LogP contribution in [0.25, 0.3) is 0 Å². The molecule has 0 aliphatic carbocycles. The summed E-state index contributed by atoms with van der Waals surface area (Å²) in [5.74, 6) is -0.983. The third-order valence-electron chi connectivity index (χ3n) is 1.89. The second-order valence-corrected chi connectivity index (χ2v) is 3.14. The highest BCUT2D eigenvalue weighted by atomic mass is 35.5. The van der Waals surface area contributed by atoms with Crippen LogP contribution in [0.2, 0.25) is 5.02 Å². The molecular weight excluding hydrogens is 220 g/mol. The predicted molar refractivity (Wildman–Crippen MR) is 52.9 cm³/mol. The summed E-state index contributed by atoms with van der Waals surface area (Å²) in [5, 5.41) is 9.03. The van der Waals surface area contributed by atoms with E-state index in [-0.39, 0.29) is 11.7 Å². The van der Waals surface area contributed by atoms with E-state index in [1.807, 2.05) is 13.8 Å². The molecule has 0 atom stereocenters. The minimum Gasteiger partial charge on any atom is -0.478 e. The smallest absolute Gasteiger partial charge is 0.373 e. The summed E-state index contributed by atoms with van der Waals surface area (Å²) in [5.41, 5.74) is 2.00. The van der Waals surface area contributed by atoms with Gasteiger partial charge in [-0.3, -0.25) is 0 Å². The Morgan fingerprint density at radius 3 is 2.20 bits per heavy atom. The van der Waals surface area contributed by atoms with Gasteiger partial charge in [0, 0.05) is 0 Å². The molecule has 0 aliphatic rings. The minimum atomic E-state index is -0.983. The molecule has 0 aliphatic heterocycles. The zero-order chi connectivity index (χ0) is 12.0. The van der Waals surface area contributed by atoms with Gasteiger partial charge in [-0.15, -0.1) is 0 Å². The monoisotopic (exact) mass is 228 g/mol. The van der Waals surface area contributed by atoms with Gasteiger partial charge in [0.2, 0.25) is 0 Å². The quantitative estimate of drug-likeness (QED) is 0.799. The van der Waals surface area contributed by atoms with E-state index in [1.165, 1.54) is 6.07 Å². The standard InChI is InChI=1S/C9H9ClO2.CO2/c1-5-3-4-7(9(11)12)8(10)6(5)2;2-1-3/h3-4H,1-2H3,(H,11,12);. The molecule has 0 saturated heterocycles. The van der Waals surface area contributed by atoms with E-state index in [4.69, 9.17) is 26.3 Å². The number of hydrogen-bond donors (Lipinski definition) is 1. The molecule has 5 heteroatoms. The van der Waals surface area contributed by atoms with Crippen molar-refractivity contribution in [2.24, 2.45) is 0 Å². The predicted octanol–water partition coefficient (Wildman–Crippen LogP) is 2.07. The molecule has 0 heterocycles. The Labute approximate surface area is 91.5 Å². The number of aromatic carboxylic acids is 1. The van der Waals surface area contributed by atoms with Gasteiger partial charge in [-0.05, 0) is 31.0 Å². The molecule has 0 amide bonds. The zero-order valence-corrected chi connectivity index (χ0v) is 8.96. The second kappa shape index (κ2) is 5.96. The van der Waals surface area contributed by atoms with E-state index >= 15 is 0 Å². The largest absolute Gasteiger partial charge is 0.478 e. The van der Waals surface area contributed by atoms with Crippen molar-refractivity contribution in [1.29, 1.82) is 0 Å². The van der Waals surface area contributed by atoms with E-state index in [2.05, 4.69) is 0 Å². The number of aryl methyl sites for hydroxylation is 1. The summed E-state index contributed by atoms with van der Waals surface area (Å²) in [6.07, 6.45) is 0.250. The van der Waals surface area contributed by atoms with Gasteiger partial charge in [-0.1, -0.05) is 17.7 Å². The maximum atomic E-state index is 10.6. The molecule has 80 valence electrons. The lowest BCUT2D eigenvalue weighted by Gasteiger charge is -2.04. The molecule has 0 saturated carbocycles. The number of carbonyl (C=O) groups excluding carboxylic acids is 2. The maximum absolute atomic E-state index is 10.6. The SMILES string of the molecule is Cc1ccc(C(=O)O)c(Cl)c1C.O=C=O. The van der Waals surface area contributed by atoms with Gasteiger partial charge in [0.05, 0.1) is 10.6 Å².